The molecule has 1 fully saturated rings. The minimum absolute atomic E-state index is 0.0374. The van der Waals surface area contributed by atoms with Crippen molar-refractivity contribution in [3.63, 3.8) is 0 Å². The van der Waals surface area contributed by atoms with Gasteiger partial charge in [0.15, 0.2) is 0 Å². The van der Waals surface area contributed by atoms with Crippen molar-refractivity contribution in [1.82, 2.24) is 10.2 Å². The Morgan fingerprint density at radius 3 is 2.35 bits per heavy atom. The van der Waals surface area contributed by atoms with Crippen LogP contribution in [0.3, 0.4) is 0 Å². The Balaban J connectivity index is 2.23. The highest BCUT2D eigenvalue weighted by Gasteiger charge is 2.40. The number of likely N-dealkylation sites (tertiary alicyclic amines) is 1. The van der Waals surface area contributed by atoms with Gasteiger partial charge in [-0.2, -0.15) is 13.2 Å². The lowest BCUT2D eigenvalue weighted by Crippen LogP contribution is -2.41. The number of rotatable bonds is 5. The van der Waals surface area contributed by atoms with Gasteiger partial charge >= 0.3 is 6.18 Å². The fourth-order valence-electron chi connectivity index (χ4n) is 2.15. The Labute approximate surface area is 100.0 Å². The highest BCUT2D eigenvalue weighted by Crippen LogP contribution is 2.33. The predicted molar refractivity (Wildman–Crippen MR) is 59.8 cm³/mol. The quantitative estimate of drug-likeness (QED) is 0.774. The summed E-state index contributed by atoms with van der Waals surface area (Å²) in [4.78, 5) is 2.04. The van der Waals surface area contributed by atoms with E-state index in [1.54, 1.807) is 7.05 Å². The molecule has 1 unspecified atom stereocenters. The van der Waals surface area contributed by atoms with E-state index in [0.717, 1.165) is 13.0 Å². The minimum atomic E-state index is -4.04. The third-order valence-corrected chi connectivity index (χ3v) is 3.47. The molecule has 1 aliphatic rings. The normalized spacial score (nSPS) is 21.7. The Morgan fingerprint density at radius 2 is 1.94 bits per heavy atom. The Kier molecular flexibility index (Phi) is 5.69. The second-order valence-electron chi connectivity index (χ2n) is 4.61. The maximum atomic E-state index is 12.4. The van der Waals surface area contributed by atoms with Crippen molar-refractivity contribution < 1.29 is 18.3 Å². The van der Waals surface area contributed by atoms with Gasteiger partial charge < -0.3 is 15.3 Å². The molecule has 1 aliphatic heterocycles. The van der Waals surface area contributed by atoms with E-state index in [9.17, 15) is 13.2 Å². The first kappa shape index (κ1) is 14.7. The Morgan fingerprint density at radius 1 is 1.35 bits per heavy atom. The average molecular weight is 254 g/mol. The zero-order chi connectivity index (χ0) is 12.9. The predicted octanol–water partition coefficient (Wildman–Crippen LogP) is 1.23. The molecule has 1 heterocycles. The van der Waals surface area contributed by atoms with Gasteiger partial charge in [-0.1, -0.05) is 0 Å². The average Bonchev–Trinajstić information content (AvgIpc) is 2.30. The maximum Gasteiger partial charge on any atom is 0.391 e. The summed E-state index contributed by atoms with van der Waals surface area (Å²) in [6.07, 6.45) is -2.87. The number of halogens is 3. The van der Waals surface area contributed by atoms with Gasteiger partial charge in [-0.3, -0.25) is 0 Å². The number of nitrogens with zero attached hydrogens (tertiary/aromatic N) is 1. The van der Waals surface area contributed by atoms with Crippen molar-refractivity contribution in [2.24, 2.45) is 5.92 Å². The lowest BCUT2D eigenvalue weighted by Gasteiger charge is -2.33. The second kappa shape index (κ2) is 6.56. The van der Waals surface area contributed by atoms with Crippen LogP contribution < -0.4 is 5.32 Å². The second-order valence-corrected chi connectivity index (χ2v) is 4.61. The summed E-state index contributed by atoms with van der Waals surface area (Å²) in [5, 5.41) is 11.9. The first-order valence-corrected chi connectivity index (χ1v) is 6.04. The van der Waals surface area contributed by atoms with Crippen molar-refractivity contribution in [1.29, 1.82) is 0 Å². The Hall–Kier alpha value is -0.330. The van der Waals surface area contributed by atoms with Gasteiger partial charge in [-0.05, 0) is 45.9 Å². The fourth-order valence-corrected chi connectivity index (χ4v) is 2.15. The smallest absolute Gasteiger partial charge is 0.391 e. The number of hydrogen-bond donors (Lipinski definition) is 2. The molecule has 0 aromatic rings. The van der Waals surface area contributed by atoms with Crippen molar-refractivity contribution in [3.8, 4) is 0 Å². The third kappa shape index (κ3) is 4.81. The highest BCUT2D eigenvalue weighted by molar-refractivity contribution is 4.78. The summed E-state index contributed by atoms with van der Waals surface area (Å²) in [6.45, 7) is 1.82. The SMILES string of the molecule is CNC(CO)CCN1CCC(C(F)(F)F)CC1. The first-order valence-electron chi connectivity index (χ1n) is 6.04. The van der Waals surface area contributed by atoms with Gasteiger partial charge in [0, 0.05) is 6.04 Å². The van der Waals surface area contributed by atoms with Gasteiger partial charge in [0.2, 0.25) is 0 Å². The van der Waals surface area contributed by atoms with Gasteiger partial charge in [0.05, 0.1) is 12.5 Å². The molecule has 0 bridgehead atoms. The van der Waals surface area contributed by atoms with E-state index in [0.29, 0.717) is 13.1 Å². The van der Waals surface area contributed by atoms with E-state index in [4.69, 9.17) is 5.11 Å². The van der Waals surface area contributed by atoms with Crippen LogP contribution in [0.2, 0.25) is 0 Å². The van der Waals surface area contributed by atoms with Gasteiger partial charge in [0.25, 0.3) is 0 Å². The summed E-state index contributed by atoms with van der Waals surface area (Å²) in [5.74, 6) is -1.13. The summed E-state index contributed by atoms with van der Waals surface area (Å²) < 4.78 is 37.3. The van der Waals surface area contributed by atoms with Crippen LogP contribution in [0.25, 0.3) is 0 Å². The summed E-state index contributed by atoms with van der Waals surface area (Å²) in [7, 11) is 1.77. The standard InChI is InChI=1S/C11H21F3N2O/c1-15-10(8-17)4-7-16-5-2-9(3-6-16)11(12,13)14/h9-10,15,17H,2-8H2,1H3. The van der Waals surface area contributed by atoms with Gasteiger partial charge in [-0.25, -0.2) is 0 Å². The number of aliphatic hydroxyl groups is 1. The lowest BCUT2D eigenvalue weighted by atomic mass is 9.96. The van der Waals surface area contributed by atoms with E-state index in [-0.39, 0.29) is 25.5 Å². The summed E-state index contributed by atoms with van der Waals surface area (Å²) in [6, 6.07) is 0.0374. The van der Waals surface area contributed by atoms with Crippen LogP contribution in [0.15, 0.2) is 0 Å². The first-order chi connectivity index (χ1) is 7.97. The molecule has 0 radical (unpaired) electrons. The lowest BCUT2D eigenvalue weighted by molar-refractivity contribution is -0.185. The van der Waals surface area contributed by atoms with Gasteiger partial charge in [-0.15, -0.1) is 0 Å². The molecule has 1 atom stereocenters. The van der Waals surface area contributed by atoms with Crippen LogP contribution in [0, 0.1) is 5.92 Å². The maximum absolute atomic E-state index is 12.4. The van der Waals surface area contributed by atoms with Crippen molar-refractivity contribution >= 4 is 0 Å². The molecule has 1 saturated heterocycles. The number of piperidine rings is 1. The molecule has 0 spiro atoms. The molecule has 2 N–H and O–H groups in total. The van der Waals surface area contributed by atoms with Gasteiger partial charge in [0.1, 0.15) is 0 Å². The molecule has 3 nitrogen and oxygen atoms in total. The van der Waals surface area contributed by atoms with Crippen molar-refractivity contribution in [2.45, 2.75) is 31.5 Å². The molecule has 0 saturated carbocycles. The highest BCUT2D eigenvalue weighted by atomic mass is 19.4. The number of aliphatic hydroxyl groups excluding tert-OH is 1. The van der Waals surface area contributed by atoms with E-state index in [2.05, 4.69) is 5.32 Å². The van der Waals surface area contributed by atoms with Crippen molar-refractivity contribution in [2.75, 3.05) is 33.3 Å². The van der Waals surface area contributed by atoms with Crippen LogP contribution >= 0.6 is 0 Å². The monoisotopic (exact) mass is 254 g/mol. The largest absolute Gasteiger partial charge is 0.395 e. The number of nitrogens with one attached hydrogen (secondary N) is 1. The molecule has 0 amide bonds. The van der Waals surface area contributed by atoms with Crippen LogP contribution in [0.1, 0.15) is 19.3 Å². The molecule has 0 aromatic heterocycles. The molecule has 0 aromatic carbocycles. The van der Waals surface area contributed by atoms with E-state index < -0.39 is 12.1 Å². The molecule has 1 rings (SSSR count). The summed E-state index contributed by atoms with van der Waals surface area (Å²) in [5.41, 5.74) is 0. The van der Waals surface area contributed by atoms with E-state index >= 15 is 0 Å². The fraction of sp³-hybridized carbons (Fsp3) is 1.00. The number of alkyl halides is 3. The summed E-state index contributed by atoms with van der Waals surface area (Å²) >= 11 is 0. The molecule has 6 heteroatoms. The zero-order valence-electron chi connectivity index (χ0n) is 10.1. The van der Waals surface area contributed by atoms with Crippen LogP contribution in [0.4, 0.5) is 13.2 Å². The van der Waals surface area contributed by atoms with Crippen LogP contribution in [-0.2, 0) is 0 Å². The minimum Gasteiger partial charge on any atom is -0.395 e. The topological polar surface area (TPSA) is 35.5 Å². The number of likely N-dealkylation sites (N-methyl/N-ethyl adjacent to an activating group) is 1. The van der Waals surface area contributed by atoms with E-state index in [1.807, 2.05) is 4.90 Å². The molecule has 17 heavy (non-hydrogen) atoms. The molecule has 0 aliphatic carbocycles. The number of hydrogen-bond acceptors (Lipinski definition) is 3. The van der Waals surface area contributed by atoms with E-state index in [1.165, 1.54) is 0 Å². The zero-order valence-corrected chi connectivity index (χ0v) is 10.1. The molecule has 102 valence electrons. The Bertz CT molecular complexity index is 211. The van der Waals surface area contributed by atoms with Crippen molar-refractivity contribution in [3.05, 3.63) is 0 Å². The van der Waals surface area contributed by atoms with Crippen LogP contribution in [0.5, 0.6) is 0 Å². The van der Waals surface area contributed by atoms with Crippen LogP contribution in [-0.4, -0.2) is 55.5 Å². The molecular weight excluding hydrogens is 233 g/mol. The molecular formula is C11H21F3N2O. The third-order valence-electron chi connectivity index (χ3n) is 3.47.